The maximum absolute atomic E-state index is 12.5. The number of rotatable bonds is 4. The Balaban J connectivity index is 1.60. The van der Waals surface area contributed by atoms with Gasteiger partial charge in [0.1, 0.15) is 5.82 Å². The van der Waals surface area contributed by atoms with Gasteiger partial charge in [-0.2, -0.15) is 0 Å². The lowest BCUT2D eigenvalue weighted by molar-refractivity contribution is 0.0684. The molecule has 2 heterocycles. The number of aryl methyl sites for hydroxylation is 2. The summed E-state index contributed by atoms with van der Waals surface area (Å²) < 4.78 is 1.94. The third kappa shape index (κ3) is 2.61. The number of thioether (sulfide) groups is 1. The Labute approximate surface area is 154 Å². The van der Waals surface area contributed by atoms with Crippen LogP contribution in [-0.2, 0) is 0 Å². The van der Waals surface area contributed by atoms with E-state index in [1.54, 1.807) is 24.3 Å². The van der Waals surface area contributed by atoms with Crippen molar-refractivity contribution in [2.45, 2.75) is 19.0 Å². The van der Waals surface area contributed by atoms with E-state index in [0.717, 1.165) is 17.1 Å². The van der Waals surface area contributed by atoms with Crippen LogP contribution < -0.4 is 0 Å². The highest BCUT2D eigenvalue weighted by Gasteiger charge is 2.35. The number of aromatic nitrogens is 3. The average Bonchev–Trinajstić information content (AvgIpc) is 3.13. The molecule has 0 saturated carbocycles. The van der Waals surface area contributed by atoms with Crippen molar-refractivity contribution in [1.82, 2.24) is 19.7 Å². The molecule has 0 bridgehead atoms. The number of carbonyl (C=O) groups excluding carboxylic acids is 2. The number of nitrogens with zero attached hydrogens (tertiary/aromatic N) is 4. The Bertz CT molecular complexity index is 993. The van der Waals surface area contributed by atoms with Crippen molar-refractivity contribution < 1.29 is 9.59 Å². The molecule has 1 aliphatic rings. The molecule has 1 aromatic heterocycles. The molecular weight excluding hydrogens is 348 g/mol. The highest BCUT2D eigenvalue weighted by Crippen LogP contribution is 2.28. The molecule has 0 unspecified atom stereocenters. The van der Waals surface area contributed by atoms with E-state index in [1.807, 2.05) is 42.7 Å². The predicted molar refractivity (Wildman–Crippen MR) is 98.5 cm³/mol. The van der Waals surface area contributed by atoms with Gasteiger partial charge in [0.15, 0.2) is 5.16 Å². The van der Waals surface area contributed by atoms with E-state index < -0.39 is 0 Å². The molecule has 6 nitrogen and oxygen atoms in total. The van der Waals surface area contributed by atoms with Gasteiger partial charge >= 0.3 is 0 Å². The minimum Gasteiger partial charge on any atom is -0.274 e. The van der Waals surface area contributed by atoms with Crippen molar-refractivity contribution in [3.63, 3.8) is 0 Å². The Morgan fingerprint density at radius 1 is 0.885 bits per heavy atom. The number of fused-ring (bicyclic) bond motifs is 1. The first kappa shape index (κ1) is 16.5. The Kier molecular flexibility index (Phi) is 4.08. The monoisotopic (exact) mass is 364 g/mol. The molecule has 26 heavy (non-hydrogen) atoms. The maximum Gasteiger partial charge on any atom is 0.262 e. The summed E-state index contributed by atoms with van der Waals surface area (Å²) in [7, 11) is 0. The van der Waals surface area contributed by atoms with E-state index in [2.05, 4.69) is 10.2 Å². The molecule has 1 aliphatic heterocycles. The second-order valence-corrected chi connectivity index (χ2v) is 6.92. The van der Waals surface area contributed by atoms with Crippen molar-refractivity contribution in [1.29, 1.82) is 0 Å². The molecular formula is C19H16N4O2S. The number of imide groups is 1. The number of benzene rings is 2. The highest BCUT2D eigenvalue weighted by atomic mass is 32.2. The molecule has 0 saturated heterocycles. The maximum atomic E-state index is 12.5. The zero-order valence-electron chi connectivity index (χ0n) is 14.3. The lowest BCUT2D eigenvalue weighted by Gasteiger charge is -2.14. The molecule has 4 rings (SSSR count). The topological polar surface area (TPSA) is 68.1 Å². The Morgan fingerprint density at radius 3 is 2.15 bits per heavy atom. The Hall–Kier alpha value is -2.93. The highest BCUT2D eigenvalue weighted by molar-refractivity contribution is 7.99. The van der Waals surface area contributed by atoms with Crippen LogP contribution >= 0.6 is 11.8 Å². The standard InChI is InChI=1S/C19H16N4O2S/c1-12-7-3-6-10-16(12)23-13(2)20-21-19(23)26-11-22-17(24)14-8-4-5-9-15(14)18(22)25/h3-10H,11H2,1-2H3. The van der Waals surface area contributed by atoms with E-state index in [-0.39, 0.29) is 17.7 Å². The SMILES string of the molecule is Cc1ccccc1-n1c(C)nnc1SCN1C(=O)c2ccccc2C1=O. The van der Waals surface area contributed by atoms with Crippen molar-refractivity contribution >= 4 is 23.6 Å². The van der Waals surface area contributed by atoms with Gasteiger partial charge in [-0.25, -0.2) is 0 Å². The van der Waals surface area contributed by atoms with Crippen LogP contribution in [-0.4, -0.2) is 37.4 Å². The van der Waals surface area contributed by atoms with Crippen LogP contribution in [0.3, 0.4) is 0 Å². The van der Waals surface area contributed by atoms with Crippen molar-refractivity contribution in [3.8, 4) is 5.69 Å². The first-order valence-corrected chi connectivity index (χ1v) is 9.12. The minimum absolute atomic E-state index is 0.191. The summed E-state index contributed by atoms with van der Waals surface area (Å²) in [4.78, 5) is 26.2. The molecule has 0 aliphatic carbocycles. The van der Waals surface area contributed by atoms with E-state index in [9.17, 15) is 9.59 Å². The molecule has 0 N–H and O–H groups in total. The summed E-state index contributed by atoms with van der Waals surface area (Å²) in [5.74, 6) is 0.411. The number of para-hydroxylation sites is 1. The fourth-order valence-electron chi connectivity index (χ4n) is 3.01. The van der Waals surface area contributed by atoms with Gasteiger partial charge in [-0.3, -0.25) is 19.1 Å². The lowest BCUT2D eigenvalue weighted by Crippen LogP contribution is -2.29. The average molecular weight is 364 g/mol. The molecule has 3 aromatic rings. The van der Waals surface area contributed by atoms with Crippen LogP contribution in [0.1, 0.15) is 32.1 Å². The van der Waals surface area contributed by atoms with Gasteiger partial charge in [0.2, 0.25) is 0 Å². The fourth-order valence-corrected chi connectivity index (χ4v) is 3.94. The van der Waals surface area contributed by atoms with Crippen LogP contribution in [0.2, 0.25) is 0 Å². The zero-order valence-corrected chi connectivity index (χ0v) is 15.2. The lowest BCUT2D eigenvalue weighted by atomic mass is 10.1. The van der Waals surface area contributed by atoms with Crippen LogP contribution in [0.4, 0.5) is 0 Å². The molecule has 2 amide bonds. The third-order valence-corrected chi connectivity index (χ3v) is 5.26. The van der Waals surface area contributed by atoms with Gasteiger partial charge in [-0.05, 0) is 37.6 Å². The van der Waals surface area contributed by atoms with E-state index in [4.69, 9.17) is 0 Å². The van der Waals surface area contributed by atoms with Crippen molar-refractivity contribution in [2.24, 2.45) is 0 Å². The third-order valence-electron chi connectivity index (χ3n) is 4.35. The van der Waals surface area contributed by atoms with Gasteiger partial charge < -0.3 is 0 Å². The van der Waals surface area contributed by atoms with Gasteiger partial charge in [0, 0.05) is 0 Å². The van der Waals surface area contributed by atoms with E-state index >= 15 is 0 Å². The summed E-state index contributed by atoms with van der Waals surface area (Å²) in [5.41, 5.74) is 2.99. The molecule has 0 radical (unpaired) electrons. The van der Waals surface area contributed by atoms with Gasteiger partial charge in [0.25, 0.3) is 11.8 Å². The molecule has 0 fully saturated rings. The van der Waals surface area contributed by atoms with Gasteiger partial charge in [0.05, 0.1) is 22.7 Å². The number of hydrogen-bond acceptors (Lipinski definition) is 5. The zero-order chi connectivity index (χ0) is 18.3. The Morgan fingerprint density at radius 2 is 1.50 bits per heavy atom. The van der Waals surface area contributed by atoms with Crippen LogP contribution in [0.15, 0.2) is 53.7 Å². The van der Waals surface area contributed by atoms with Crippen LogP contribution in [0.25, 0.3) is 5.69 Å². The summed E-state index contributed by atoms with van der Waals surface area (Å²) >= 11 is 1.32. The number of amides is 2. The number of carbonyl (C=O) groups is 2. The second-order valence-electron chi connectivity index (χ2n) is 6.01. The molecule has 0 atom stereocenters. The van der Waals surface area contributed by atoms with Crippen LogP contribution in [0, 0.1) is 13.8 Å². The normalized spacial score (nSPS) is 13.4. The van der Waals surface area contributed by atoms with Crippen molar-refractivity contribution in [2.75, 3.05) is 5.88 Å². The van der Waals surface area contributed by atoms with Crippen molar-refractivity contribution in [3.05, 3.63) is 71.0 Å². The molecule has 0 spiro atoms. The second kappa shape index (κ2) is 6.42. The first-order chi connectivity index (χ1) is 12.6. The largest absolute Gasteiger partial charge is 0.274 e. The van der Waals surface area contributed by atoms with Gasteiger partial charge in [-0.15, -0.1) is 10.2 Å². The smallest absolute Gasteiger partial charge is 0.262 e. The molecule has 2 aromatic carbocycles. The number of hydrogen-bond donors (Lipinski definition) is 0. The minimum atomic E-state index is -0.267. The molecule has 7 heteroatoms. The fraction of sp³-hybridized carbons (Fsp3) is 0.158. The summed E-state index contributed by atoms with van der Waals surface area (Å²) in [6, 6.07) is 14.8. The summed E-state index contributed by atoms with van der Waals surface area (Å²) in [5, 5.41) is 9.03. The van der Waals surface area contributed by atoms with E-state index in [0.29, 0.717) is 16.3 Å². The van der Waals surface area contributed by atoms with Crippen LogP contribution in [0.5, 0.6) is 0 Å². The summed E-state index contributed by atoms with van der Waals surface area (Å²) in [6.07, 6.45) is 0. The van der Waals surface area contributed by atoms with E-state index in [1.165, 1.54) is 16.7 Å². The quantitative estimate of drug-likeness (QED) is 0.525. The first-order valence-electron chi connectivity index (χ1n) is 8.14. The predicted octanol–water partition coefficient (Wildman–Crippen LogP) is 3.23. The molecule has 130 valence electrons. The summed E-state index contributed by atoms with van der Waals surface area (Å²) in [6.45, 7) is 3.90. The van der Waals surface area contributed by atoms with Gasteiger partial charge in [-0.1, -0.05) is 42.1 Å².